The van der Waals surface area contributed by atoms with E-state index in [-0.39, 0.29) is 24.2 Å². The van der Waals surface area contributed by atoms with Crippen LogP contribution in [0.25, 0.3) is 0 Å². The summed E-state index contributed by atoms with van der Waals surface area (Å²) in [5, 5.41) is 4.11. The number of pyridine rings is 1. The zero-order valence-electron chi connectivity index (χ0n) is 14.2. The Labute approximate surface area is 146 Å². The SMILES string of the molecule is Cn1nccc1C(=O)N1CCO[C@H]2CC[C@H]1[C@@H]2OCc1cccnc1. The Morgan fingerprint density at radius 2 is 2.28 bits per heavy atom. The first-order valence-corrected chi connectivity index (χ1v) is 8.65. The minimum Gasteiger partial charge on any atom is -0.374 e. The molecule has 3 atom stereocenters. The molecule has 2 aromatic rings. The number of hydrogen-bond acceptors (Lipinski definition) is 5. The molecule has 7 heteroatoms. The zero-order chi connectivity index (χ0) is 17.2. The van der Waals surface area contributed by atoms with Crippen LogP contribution in [0.15, 0.2) is 36.8 Å². The van der Waals surface area contributed by atoms with Crippen molar-refractivity contribution in [1.29, 1.82) is 0 Å². The molecule has 1 amide bonds. The number of fused-ring (bicyclic) bond motifs is 2. The maximum atomic E-state index is 13.0. The van der Waals surface area contributed by atoms with Crippen LogP contribution < -0.4 is 0 Å². The number of amides is 1. The van der Waals surface area contributed by atoms with Gasteiger partial charge in [0, 0.05) is 32.2 Å². The second-order valence-electron chi connectivity index (χ2n) is 6.53. The van der Waals surface area contributed by atoms with Crippen LogP contribution in [0.3, 0.4) is 0 Å². The normalized spacial score (nSPS) is 25.8. The van der Waals surface area contributed by atoms with Gasteiger partial charge < -0.3 is 14.4 Å². The van der Waals surface area contributed by atoms with Crippen molar-refractivity contribution in [3.8, 4) is 0 Å². The Bertz CT molecular complexity index is 733. The highest BCUT2D eigenvalue weighted by molar-refractivity contribution is 5.92. The molecule has 0 radical (unpaired) electrons. The fourth-order valence-corrected chi connectivity index (χ4v) is 3.77. The number of hydrogen-bond donors (Lipinski definition) is 0. The van der Waals surface area contributed by atoms with Gasteiger partial charge in [0.25, 0.3) is 5.91 Å². The third-order valence-electron chi connectivity index (χ3n) is 5.02. The van der Waals surface area contributed by atoms with Crippen molar-refractivity contribution >= 4 is 5.91 Å². The Morgan fingerprint density at radius 3 is 3.04 bits per heavy atom. The van der Waals surface area contributed by atoms with Crippen LogP contribution in [-0.4, -0.2) is 57.0 Å². The summed E-state index contributed by atoms with van der Waals surface area (Å²) in [5.41, 5.74) is 1.62. The molecule has 0 spiro atoms. The average molecular weight is 342 g/mol. The monoisotopic (exact) mass is 342 g/mol. The first kappa shape index (κ1) is 16.2. The van der Waals surface area contributed by atoms with Gasteiger partial charge in [0.1, 0.15) is 11.8 Å². The lowest BCUT2D eigenvalue weighted by Crippen LogP contribution is -2.46. The summed E-state index contributed by atoms with van der Waals surface area (Å²) in [6.45, 7) is 1.60. The highest BCUT2D eigenvalue weighted by Crippen LogP contribution is 2.33. The summed E-state index contributed by atoms with van der Waals surface area (Å²) >= 11 is 0. The van der Waals surface area contributed by atoms with Crippen molar-refractivity contribution in [1.82, 2.24) is 19.7 Å². The van der Waals surface area contributed by atoms with Gasteiger partial charge in [-0.15, -0.1) is 0 Å². The Kier molecular flexibility index (Phi) is 4.50. The molecular formula is C18H22N4O3. The number of rotatable bonds is 4. The second kappa shape index (κ2) is 6.93. The Balaban J connectivity index is 1.52. The molecule has 4 rings (SSSR count). The van der Waals surface area contributed by atoms with E-state index >= 15 is 0 Å². The van der Waals surface area contributed by atoms with E-state index in [1.54, 1.807) is 36.4 Å². The summed E-state index contributed by atoms with van der Waals surface area (Å²) in [5.74, 6) is -0.00822. The van der Waals surface area contributed by atoms with Crippen molar-refractivity contribution < 1.29 is 14.3 Å². The van der Waals surface area contributed by atoms with Crippen LogP contribution in [0.5, 0.6) is 0 Å². The van der Waals surface area contributed by atoms with Gasteiger partial charge in [-0.05, 0) is 30.5 Å². The highest BCUT2D eigenvalue weighted by atomic mass is 16.5. The number of carbonyl (C=O) groups is 1. The molecule has 1 saturated heterocycles. The molecule has 132 valence electrons. The summed E-state index contributed by atoms with van der Waals surface area (Å²) in [6, 6.07) is 5.68. The molecule has 2 aliphatic rings. The van der Waals surface area contributed by atoms with Gasteiger partial charge in [0.05, 0.1) is 25.4 Å². The molecule has 0 aromatic carbocycles. The van der Waals surface area contributed by atoms with Gasteiger partial charge in [0.2, 0.25) is 0 Å². The second-order valence-corrected chi connectivity index (χ2v) is 6.53. The largest absolute Gasteiger partial charge is 0.374 e. The molecule has 3 heterocycles. The van der Waals surface area contributed by atoms with Gasteiger partial charge in [-0.1, -0.05) is 6.07 Å². The highest BCUT2D eigenvalue weighted by Gasteiger charge is 2.45. The predicted molar refractivity (Wildman–Crippen MR) is 89.8 cm³/mol. The predicted octanol–water partition coefficient (Wildman–Crippen LogP) is 1.40. The minimum absolute atomic E-state index is 0.00822. The lowest BCUT2D eigenvalue weighted by molar-refractivity contribution is -0.0598. The number of aryl methyl sites for hydroxylation is 1. The standard InChI is InChI=1S/C18H22N4O3/c1-21-15(6-8-20-21)18(23)22-9-10-24-16-5-4-14(22)17(16)25-12-13-3-2-7-19-11-13/h2-3,6-8,11,14,16-17H,4-5,9-10,12H2,1H3/t14-,16-,17-/m0/s1. The van der Waals surface area contributed by atoms with Crippen molar-refractivity contribution in [2.45, 2.75) is 37.7 Å². The number of carbonyl (C=O) groups excluding carboxylic acids is 1. The minimum atomic E-state index is -0.111. The van der Waals surface area contributed by atoms with Gasteiger partial charge in [-0.3, -0.25) is 14.5 Å². The number of ether oxygens (including phenoxy) is 2. The quantitative estimate of drug-likeness (QED) is 0.840. The lowest BCUT2D eigenvalue weighted by atomic mass is 10.1. The van der Waals surface area contributed by atoms with Gasteiger partial charge >= 0.3 is 0 Å². The van der Waals surface area contributed by atoms with E-state index in [2.05, 4.69) is 10.1 Å². The summed E-state index contributed by atoms with van der Waals surface area (Å²) < 4.78 is 13.8. The van der Waals surface area contributed by atoms with E-state index in [9.17, 15) is 4.79 Å². The van der Waals surface area contributed by atoms with Crippen molar-refractivity contribution in [3.63, 3.8) is 0 Å². The maximum absolute atomic E-state index is 13.0. The lowest BCUT2D eigenvalue weighted by Gasteiger charge is -2.31. The molecular weight excluding hydrogens is 320 g/mol. The van der Waals surface area contributed by atoms with Crippen LogP contribution in [0.2, 0.25) is 0 Å². The number of nitrogens with zero attached hydrogens (tertiary/aromatic N) is 4. The maximum Gasteiger partial charge on any atom is 0.272 e. The molecule has 2 aromatic heterocycles. The Morgan fingerprint density at radius 1 is 1.36 bits per heavy atom. The van der Waals surface area contributed by atoms with Crippen LogP contribution in [0.4, 0.5) is 0 Å². The van der Waals surface area contributed by atoms with Crippen LogP contribution in [0.1, 0.15) is 28.9 Å². The first-order valence-electron chi connectivity index (χ1n) is 8.65. The molecule has 1 saturated carbocycles. The summed E-state index contributed by atoms with van der Waals surface area (Å²) in [4.78, 5) is 19.0. The van der Waals surface area contributed by atoms with Gasteiger partial charge in [-0.25, -0.2) is 0 Å². The van der Waals surface area contributed by atoms with E-state index in [0.29, 0.717) is 25.5 Å². The topological polar surface area (TPSA) is 69.5 Å². The third kappa shape index (κ3) is 3.17. The Hall–Kier alpha value is -2.25. The van der Waals surface area contributed by atoms with E-state index in [1.165, 1.54) is 0 Å². The summed E-state index contributed by atoms with van der Waals surface area (Å²) in [6.07, 6.45) is 6.94. The van der Waals surface area contributed by atoms with E-state index in [4.69, 9.17) is 9.47 Å². The van der Waals surface area contributed by atoms with E-state index in [1.807, 2.05) is 17.0 Å². The molecule has 1 aliphatic heterocycles. The van der Waals surface area contributed by atoms with Crippen LogP contribution in [0, 0.1) is 0 Å². The molecule has 0 N–H and O–H groups in total. The third-order valence-corrected chi connectivity index (χ3v) is 5.02. The molecule has 25 heavy (non-hydrogen) atoms. The number of aromatic nitrogens is 3. The van der Waals surface area contributed by atoms with E-state index in [0.717, 1.165) is 18.4 Å². The molecule has 2 fully saturated rings. The van der Waals surface area contributed by atoms with Gasteiger partial charge in [0.15, 0.2) is 0 Å². The average Bonchev–Trinajstić information content (AvgIpc) is 3.17. The zero-order valence-corrected chi connectivity index (χ0v) is 14.2. The molecule has 2 bridgehead atoms. The van der Waals surface area contributed by atoms with E-state index < -0.39 is 0 Å². The van der Waals surface area contributed by atoms with Crippen LogP contribution >= 0.6 is 0 Å². The van der Waals surface area contributed by atoms with Crippen molar-refractivity contribution in [3.05, 3.63) is 48.0 Å². The molecule has 1 aliphatic carbocycles. The molecule has 0 unspecified atom stereocenters. The smallest absolute Gasteiger partial charge is 0.272 e. The summed E-state index contributed by atoms with van der Waals surface area (Å²) in [7, 11) is 1.79. The van der Waals surface area contributed by atoms with Crippen LogP contribution in [-0.2, 0) is 23.1 Å². The van der Waals surface area contributed by atoms with Crippen molar-refractivity contribution in [2.75, 3.05) is 13.2 Å². The van der Waals surface area contributed by atoms with Gasteiger partial charge in [-0.2, -0.15) is 5.10 Å². The van der Waals surface area contributed by atoms with Crippen molar-refractivity contribution in [2.24, 2.45) is 7.05 Å². The molecule has 7 nitrogen and oxygen atoms in total. The fraction of sp³-hybridized carbons (Fsp3) is 0.500. The first-order chi connectivity index (χ1) is 12.2. The fourth-order valence-electron chi connectivity index (χ4n) is 3.77.